The molecular weight excluding hydrogens is 256 g/mol. The molecule has 0 aromatic carbocycles. The zero-order valence-corrected chi connectivity index (χ0v) is 11.5. The summed E-state index contributed by atoms with van der Waals surface area (Å²) in [6, 6.07) is 0. The molecule has 0 radical (unpaired) electrons. The van der Waals surface area contributed by atoms with Crippen LogP contribution in [-0.2, 0) is 0 Å². The molecule has 1 heterocycles. The Labute approximate surface area is 111 Å². The minimum absolute atomic E-state index is 0.0213. The van der Waals surface area contributed by atoms with Gasteiger partial charge in [-0.25, -0.2) is 4.98 Å². The molecule has 5 heteroatoms. The van der Waals surface area contributed by atoms with Crippen LogP contribution in [0, 0.1) is 12.3 Å². The SMILES string of the molecule is Cc1ncc(C(=O)NCC2(CCl)CCCC2)s1. The number of rotatable bonds is 4. The molecule has 0 unspecified atom stereocenters. The van der Waals surface area contributed by atoms with Crippen molar-refractivity contribution >= 4 is 28.8 Å². The Bertz CT molecular complexity index is 399. The van der Waals surface area contributed by atoms with Gasteiger partial charge in [-0.15, -0.1) is 22.9 Å². The van der Waals surface area contributed by atoms with Gasteiger partial charge in [-0.05, 0) is 19.8 Å². The van der Waals surface area contributed by atoms with Gasteiger partial charge in [-0.2, -0.15) is 0 Å². The van der Waals surface area contributed by atoms with Gasteiger partial charge in [0, 0.05) is 17.8 Å². The number of hydrogen-bond donors (Lipinski definition) is 1. The minimum Gasteiger partial charge on any atom is -0.351 e. The van der Waals surface area contributed by atoms with Gasteiger partial charge in [0.15, 0.2) is 0 Å². The maximum Gasteiger partial charge on any atom is 0.263 e. The van der Waals surface area contributed by atoms with Crippen LogP contribution in [0.2, 0.25) is 0 Å². The molecule has 94 valence electrons. The van der Waals surface area contributed by atoms with Crippen molar-refractivity contribution in [2.75, 3.05) is 12.4 Å². The fourth-order valence-electron chi connectivity index (χ4n) is 2.30. The van der Waals surface area contributed by atoms with Gasteiger partial charge in [-0.1, -0.05) is 12.8 Å². The third-order valence-corrected chi connectivity index (χ3v) is 4.90. The van der Waals surface area contributed by atoms with E-state index in [2.05, 4.69) is 10.3 Å². The highest BCUT2D eigenvalue weighted by Crippen LogP contribution is 2.38. The molecule has 1 saturated carbocycles. The number of hydrogen-bond acceptors (Lipinski definition) is 3. The summed E-state index contributed by atoms with van der Waals surface area (Å²) in [5.74, 6) is 0.613. The second-order valence-corrected chi connectivity index (χ2v) is 6.27. The molecule has 1 aliphatic rings. The van der Waals surface area contributed by atoms with Gasteiger partial charge in [0.05, 0.1) is 11.2 Å². The molecule has 0 aliphatic heterocycles. The van der Waals surface area contributed by atoms with Crippen molar-refractivity contribution in [1.82, 2.24) is 10.3 Å². The molecule has 1 N–H and O–H groups in total. The van der Waals surface area contributed by atoms with Crippen molar-refractivity contribution < 1.29 is 4.79 Å². The largest absolute Gasteiger partial charge is 0.351 e. The molecule has 1 aromatic heterocycles. The van der Waals surface area contributed by atoms with Crippen LogP contribution in [0.1, 0.15) is 40.4 Å². The van der Waals surface area contributed by atoms with Crippen molar-refractivity contribution in [3.8, 4) is 0 Å². The summed E-state index contributed by atoms with van der Waals surface area (Å²) in [6.45, 7) is 2.59. The first kappa shape index (κ1) is 12.8. The Morgan fingerprint density at radius 1 is 1.59 bits per heavy atom. The van der Waals surface area contributed by atoms with Crippen LogP contribution in [0.5, 0.6) is 0 Å². The van der Waals surface area contributed by atoms with E-state index in [1.54, 1.807) is 6.20 Å². The number of nitrogens with zero attached hydrogens (tertiary/aromatic N) is 1. The molecule has 0 spiro atoms. The smallest absolute Gasteiger partial charge is 0.263 e. The summed E-state index contributed by atoms with van der Waals surface area (Å²) in [6.07, 6.45) is 6.33. The molecule has 0 saturated heterocycles. The maximum absolute atomic E-state index is 11.9. The minimum atomic E-state index is -0.0213. The highest BCUT2D eigenvalue weighted by Gasteiger charge is 2.33. The summed E-state index contributed by atoms with van der Waals surface area (Å²) in [7, 11) is 0. The molecule has 2 rings (SSSR count). The molecule has 3 nitrogen and oxygen atoms in total. The lowest BCUT2D eigenvalue weighted by atomic mass is 9.88. The molecule has 0 atom stereocenters. The monoisotopic (exact) mass is 272 g/mol. The van der Waals surface area contributed by atoms with E-state index in [-0.39, 0.29) is 11.3 Å². The van der Waals surface area contributed by atoms with E-state index >= 15 is 0 Å². The number of thiazole rings is 1. The fraction of sp³-hybridized carbons (Fsp3) is 0.667. The Kier molecular flexibility index (Phi) is 4.05. The molecule has 1 aromatic rings. The highest BCUT2D eigenvalue weighted by atomic mass is 35.5. The first-order valence-corrected chi connectivity index (χ1v) is 7.27. The van der Waals surface area contributed by atoms with Crippen molar-refractivity contribution in [3.63, 3.8) is 0 Å². The lowest BCUT2D eigenvalue weighted by Gasteiger charge is -2.26. The number of amides is 1. The zero-order chi connectivity index (χ0) is 12.3. The first-order valence-electron chi connectivity index (χ1n) is 5.92. The summed E-state index contributed by atoms with van der Waals surface area (Å²) < 4.78 is 0. The number of alkyl halides is 1. The van der Waals surface area contributed by atoms with Gasteiger partial charge < -0.3 is 5.32 Å². The number of halogens is 1. The lowest BCUT2D eigenvalue weighted by Crippen LogP contribution is -2.36. The normalized spacial score (nSPS) is 18.2. The number of carbonyl (C=O) groups is 1. The van der Waals surface area contributed by atoms with E-state index < -0.39 is 0 Å². The van der Waals surface area contributed by atoms with Gasteiger partial charge in [0.2, 0.25) is 0 Å². The average Bonchev–Trinajstić information content (AvgIpc) is 2.95. The van der Waals surface area contributed by atoms with Crippen LogP contribution < -0.4 is 5.32 Å². The summed E-state index contributed by atoms with van der Waals surface area (Å²) in [5, 5.41) is 3.91. The van der Waals surface area contributed by atoms with Gasteiger partial charge in [0.25, 0.3) is 5.91 Å². The Hall–Kier alpha value is -0.610. The summed E-state index contributed by atoms with van der Waals surface area (Å²) in [5.41, 5.74) is 0.122. The predicted molar refractivity (Wildman–Crippen MR) is 70.8 cm³/mol. The van der Waals surface area contributed by atoms with Crippen LogP contribution in [-0.4, -0.2) is 23.3 Å². The van der Waals surface area contributed by atoms with Gasteiger partial charge in [-0.3, -0.25) is 4.79 Å². The van der Waals surface area contributed by atoms with Crippen LogP contribution in [0.25, 0.3) is 0 Å². The lowest BCUT2D eigenvalue weighted by molar-refractivity contribution is 0.0939. The van der Waals surface area contributed by atoms with E-state index in [1.165, 1.54) is 24.2 Å². The van der Waals surface area contributed by atoms with Gasteiger partial charge >= 0.3 is 0 Å². The summed E-state index contributed by atoms with van der Waals surface area (Å²) >= 11 is 7.47. The number of carbonyl (C=O) groups excluding carboxylic acids is 1. The van der Waals surface area contributed by atoms with Gasteiger partial charge in [0.1, 0.15) is 4.88 Å². The molecule has 1 amide bonds. The van der Waals surface area contributed by atoms with Crippen LogP contribution >= 0.6 is 22.9 Å². The Morgan fingerprint density at radius 3 is 2.82 bits per heavy atom. The van der Waals surface area contributed by atoms with E-state index in [1.807, 2.05) is 6.92 Å². The predicted octanol–water partition coefficient (Wildman–Crippen LogP) is 2.98. The Balaban J connectivity index is 1.91. The molecule has 0 bridgehead atoms. The topological polar surface area (TPSA) is 42.0 Å². The van der Waals surface area contributed by atoms with Crippen LogP contribution in [0.4, 0.5) is 0 Å². The third kappa shape index (κ3) is 2.99. The van der Waals surface area contributed by atoms with E-state index in [4.69, 9.17) is 11.6 Å². The van der Waals surface area contributed by atoms with Crippen molar-refractivity contribution in [1.29, 1.82) is 0 Å². The fourth-order valence-corrected chi connectivity index (χ4v) is 3.36. The molecule has 1 aliphatic carbocycles. The zero-order valence-electron chi connectivity index (χ0n) is 9.96. The second-order valence-electron chi connectivity index (χ2n) is 4.77. The second kappa shape index (κ2) is 5.36. The van der Waals surface area contributed by atoms with Crippen molar-refractivity contribution in [3.05, 3.63) is 16.1 Å². The number of aromatic nitrogens is 1. The average molecular weight is 273 g/mol. The number of aryl methyl sites for hydroxylation is 1. The van der Waals surface area contributed by atoms with E-state index in [0.717, 1.165) is 17.8 Å². The highest BCUT2D eigenvalue weighted by molar-refractivity contribution is 7.13. The molecule has 1 fully saturated rings. The quantitative estimate of drug-likeness (QED) is 0.856. The molecule has 17 heavy (non-hydrogen) atoms. The first-order chi connectivity index (χ1) is 8.15. The maximum atomic E-state index is 11.9. The van der Waals surface area contributed by atoms with Crippen LogP contribution in [0.15, 0.2) is 6.20 Å². The number of nitrogens with one attached hydrogen (secondary N) is 1. The van der Waals surface area contributed by atoms with Crippen LogP contribution in [0.3, 0.4) is 0 Å². The van der Waals surface area contributed by atoms with E-state index in [9.17, 15) is 4.79 Å². The third-order valence-electron chi connectivity index (χ3n) is 3.42. The van der Waals surface area contributed by atoms with Crippen molar-refractivity contribution in [2.24, 2.45) is 5.41 Å². The summed E-state index contributed by atoms with van der Waals surface area (Å²) in [4.78, 5) is 16.7. The van der Waals surface area contributed by atoms with Crippen molar-refractivity contribution in [2.45, 2.75) is 32.6 Å². The Morgan fingerprint density at radius 2 is 2.29 bits per heavy atom. The standard InChI is InChI=1S/C12H17ClN2OS/c1-9-14-6-10(17-9)11(16)15-8-12(7-13)4-2-3-5-12/h6H,2-5,7-8H2,1H3,(H,15,16). The molecular formula is C12H17ClN2OS. The van der Waals surface area contributed by atoms with E-state index in [0.29, 0.717) is 17.3 Å².